The Kier molecular flexibility index (Phi) is 4.00. The van der Waals surface area contributed by atoms with Crippen molar-refractivity contribution in [2.45, 2.75) is 11.2 Å². The quantitative estimate of drug-likeness (QED) is 0.680. The van der Waals surface area contributed by atoms with Crippen LogP contribution < -0.4 is 0 Å². The summed E-state index contributed by atoms with van der Waals surface area (Å²) < 4.78 is 13.0. The summed E-state index contributed by atoms with van der Waals surface area (Å²) in [6, 6.07) is 6.92. The standard InChI is InChI=1S/C12H9BrClFS/c13-10(5-8-3-4-16-7-8)9-1-2-12(15)11(14)6-9/h1-4,6-7,10H,5H2. The van der Waals surface area contributed by atoms with Gasteiger partial charge in [0.25, 0.3) is 0 Å². The van der Waals surface area contributed by atoms with E-state index in [4.69, 9.17) is 11.6 Å². The van der Waals surface area contributed by atoms with E-state index in [1.807, 2.05) is 5.38 Å². The van der Waals surface area contributed by atoms with Gasteiger partial charge in [-0.25, -0.2) is 4.39 Å². The topological polar surface area (TPSA) is 0 Å². The fourth-order valence-electron chi connectivity index (χ4n) is 1.44. The Morgan fingerprint density at radius 1 is 1.38 bits per heavy atom. The summed E-state index contributed by atoms with van der Waals surface area (Å²) in [6.07, 6.45) is 0.880. The number of benzene rings is 1. The molecule has 4 heteroatoms. The number of hydrogen-bond acceptors (Lipinski definition) is 1. The molecule has 84 valence electrons. The zero-order valence-corrected chi connectivity index (χ0v) is 11.4. The lowest BCUT2D eigenvalue weighted by molar-refractivity contribution is 0.627. The highest BCUT2D eigenvalue weighted by molar-refractivity contribution is 9.09. The Morgan fingerprint density at radius 2 is 2.19 bits per heavy atom. The maximum atomic E-state index is 13.0. The van der Waals surface area contributed by atoms with Crippen LogP contribution in [0.15, 0.2) is 35.0 Å². The van der Waals surface area contributed by atoms with E-state index in [0.29, 0.717) is 0 Å². The third-order valence-corrected chi connectivity index (χ3v) is 4.17. The Balaban J connectivity index is 2.14. The largest absolute Gasteiger partial charge is 0.205 e. The van der Waals surface area contributed by atoms with Gasteiger partial charge in [-0.1, -0.05) is 33.6 Å². The first-order valence-corrected chi connectivity index (χ1v) is 7.00. The lowest BCUT2D eigenvalue weighted by Crippen LogP contribution is -1.94. The van der Waals surface area contributed by atoms with Crippen molar-refractivity contribution in [3.63, 3.8) is 0 Å². The normalized spacial score (nSPS) is 12.7. The summed E-state index contributed by atoms with van der Waals surface area (Å²) in [4.78, 5) is 0.167. The molecular formula is C12H9BrClFS. The van der Waals surface area contributed by atoms with Crippen molar-refractivity contribution in [1.82, 2.24) is 0 Å². The number of hydrogen-bond donors (Lipinski definition) is 0. The summed E-state index contributed by atoms with van der Waals surface area (Å²) in [6.45, 7) is 0. The molecule has 0 fully saturated rings. The van der Waals surface area contributed by atoms with Gasteiger partial charge in [-0.3, -0.25) is 0 Å². The number of rotatable bonds is 3. The van der Waals surface area contributed by atoms with Crippen LogP contribution in [-0.4, -0.2) is 0 Å². The molecule has 0 bridgehead atoms. The fourth-order valence-corrected chi connectivity index (χ4v) is 2.97. The van der Waals surface area contributed by atoms with Gasteiger partial charge >= 0.3 is 0 Å². The molecule has 0 N–H and O–H groups in total. The summed E-state index contributed by atoms with van der Waals surface area (Å²) in [5.74, 6) is -0.374. The van der Waals surface area contributed by atoms with Crippen molar-refractivity contribution in [1.29, 1.82) is 0 Å². The number of halogens is 3. The van der Waals surface area contributed by atoms with E-state index in [0.717, 1.165) is 12.0 Å². The van der Waals surface area contributed by atoms with Crippen molar-refractivity contribution in [2.24, 2.45) is 0 Å². The first kappa shape index (κ1) is 12.1. The summed E-state index contributed by atoms with van der Waals surface area (Å²) >= 11 is 11.0. The van der Waals surface area contributed by atoms with Crippen LogP contribution in [0.1, 0.15) is 16.0 Å². The second-order valence-corrected chi connectivity index (χ2v) is 5.77. The van der Waals surface area contributed by atoms with Crippen molar-refractivity contribution >= 4 is 38.9 Å². The van der Waals surface area contributed by atoms with Gasteiger partial charge < -0.3 is 0 Å². The predicted octanol–water partition coefficient (Wildman–Crippen LogP) is 5.22. The minimum atomic E-state index is -0.374. The van der Waals surface area contributed by atoms with Crippen LogP contribution in [0.3, 0.4) is 0 Å². The molecule has 0 aliphatic rings. The smallest absolute Gasteiger partial charge is 0.141 e. The molecule has 1 aromatic heterocycles. The Morgan fingerprint density at radius 3 is 2.81 bits per heavy atom. The average Bonchev–Trinajstić information content (AvgIpc) is 2.74. The van der Waals surface area contributed by atoms with Crippen molar-refractivity contribution < 1.29 is 4.39 Å². The highest BCUT2D eigenvalue weighted by Crippen LogP contribution is 2.30. The molecule has 16 heavy (non-hydrogen) atoms. The molecule has 2 rings (SSSR count). The van der Waals surface area contributed by atoms with E-state index < -0.39 is 0 Å². The molecular weight excluding hydrogens is 311 g/mol. The zero-order valence-electron chi connectivity index (χ0n) is 8.29. The number of thiophene rings is 1. The molecule has 0 aliphatic heterocycles. The molecule has 0 radical (unpaired) electrons. The van der Waals surface area contributed by atoms with Gasteiger partial charge in [-0.2, -0.15) is 11.3 Å². The van der Waals surface area contributed by atoms with E-state index in [1.54, 1.807) is 23.5 Å². The molecule has 0 nitrogen and oxygen atoms in total. The third kappa shape index (κ3) is 2.84. The maximum Gasteiger partial charge on any atom is 0.141 e. The molecule has 1 heterocycles. The highest BCUT2D eigenvalue weighted by atomic mass is 79.9. The Labute approximate surface area is 111 Å². The van der Waals surface area contributed by atoms with Crippen molar-refractivity contribution in [2.75, 3.05) is 0 Å². The summed E-state index contributed by atoms with van der Waals surface area (Å²) in [5, 5.41) is 4.33. The minimum absolute atomic E-state index is 0.167. The van der Waals surface area contributed by atoms with Gasteiger partial charge in [0.05, 0.1) is 5.02 Å². The molecule has 1 atom stereocenters. The van der Waals surface area contributed by atoms with Crippen LogP contribution in [0.5, 0.6) is 0 Å². The molecule has 2 aromatic rings. The van der Waals surface area contributed by atoms with Crippen LogP contribution in [0.25, 0.3) is 0 Å². The molecule has 1 aromatic carbocycles. The molecule has 0 saturated heterocycles. The van der Waals surface area contributed by atoms with Crippen LogP contribution in [0.2, 0.25) is 5.02 Å². The first-order valence-electron chi connectivity index (χ1n) is 4.77. The van der Waals surface area contributed by atoms with Crippen LogP contribution in [-0.2, 0) is 6.42 Å². The second-order valence-electron chi connectivity index (χ2n) is 3.48. The monoisotopic (exact) mass is 318 g/mol. The van der Waals surface area contributed by atoms with Crippen LogP contribution in [0.4, 0.5) is 4.39 Å². The average molecular weight is 320 g/mol. The Hall–Kier alpha value is -0.380. The van der Waals surface area contributed by atoms with E-state index in [1.165, 1.54) is 11.6 Å². The molecule has 0 spiro atoms. The van der Waals surface area contributed by atoms with Gasteiger partial charge in [-0.05, 0) is 46.5 Å². The van der Waals surface area contributed by atoms with E-state index in [9.17, 15) is 4.39 Å². The van der Waals surface area contributed by atoms with Gasteiger partial charge in [0.1, 0.15) is 5.82 Å². The lowest BCUT2D eigenvalue weighted by Gasteiger charge is -2.09. The molecule has 0 aliphatic carbocycles. The zero-order chi connectivity index (χ0) is 11.5. The second kappa shape index (κ2) is 5.30. The highest BCUT2D eigenvalue weighted by Gasteiger charge is 2.10. The van der Waals surface area contributed by atoms with Gasteiger partial charge in [0.15, 0.2) is 0 Å². The summed E-state index contributed by atoms with van der Waals surface area (Å²) in [5.41, 5.74) is 2.27. The van der Waals surface area contributed by atoms with Gasteiger partial charge in [-0.15, -0.1) is 0 Å². The van der Waals surface area contributed by atoms with Gasteiger partial charge in [0.2, 0.25) is 0 Å². The lowest BCUT2D eigenvalue weighted by atomic mass is 10.1. The maximum absolute atomic E-state index is 13.0. The summed E-state index contributed by atoms with van der Waals surface area (Å²) in [7, 11) is 0. The van der Waals surface area contributed by atoms with Crippen LogP contribution in [0, 0.1) is 5.82 Å². The van der Waals surface area contributed by atoms with Crippen molar-refractivity contribution in [3.8, 4) is 0 Å². The van der Waals surface area contributed by atoms with E-state index in [2.05, 4.69) is 27.4 Å². The van der Waals surface area contributed by atoms with Crippen molar-refractivity contribution in [3.05, 3.63) is 57.0 Å². The SMILES string of the molecule is Fc1ccc(C(Br)Cc2ccsc2)cc1Cl. The minimum Gasteiger partial charge on any atom is -0.205 e. The van der Waals surface area contributed by atoms with Gasteiger partial charge in [0, 0.05) is 4.83 Å². The predicted molar refractivity (Wildman–Crippen MR) is 71.1 cm³/mol. The van der Waals surface area contributed by atoms with Crippen LogP contribution >= 0.6 is 38.9 Å². The molecule has 0 amide bonds. The fraction of sp³-hybridized carbons (Fsp3) is 0.167. The Bertz CT molecular complexity index is 470. The van der Waals surface area contributed by atoms with E-state index >= 15 is 0 Å². The van der Waals surface area contributed by atoms with E-state index in [-0.39, 0.29) is 15.7 Å². The molecule has 1 unspecified atom stereocenters. The first-order chi connectivity index (χ1) is 7.66. The molecule has 0 saturated carbocycles. The third-order valence-electron chi connectivity index (χ3n) is 2.30. The number of alkyl halides is 1.